The Bertz CT molecular complexity index is 2320. The SMILES string of the molecule is O=C1CC[C@@H](N2C(=O)c3cc4c(cc3C2=O)CN(C(=O)CN2CCC3(CC2)CCN(c2ccc([C@@H]5c6ccc(O)cc6CC[C@@H]5c5ccccc5)cc2)CC3)C4)C(=O)N1. The van der Waals surface area contributed by atoms with Crippen LogP contribution < -0.4 is 10.2 Å². The molecule has 0 saturated carbocycles. The average Bonchev–Trinajstić information content (AvgIpc) is 3.78. The number of nitrogens with zero attached hydrogens (tertiary/aromatic N) is 4. The molecule has 0 radical (unpaired) electrons. The Hall–Kier alpha value is -5.81. The number of benzene rings is 4. The van der Waals surface area contributed by atoms with E-state index in [-0.39, 0.29) is 35.8 Å². The van der Waals surface area contributed by atoms with Gasteiger partial charge in [0.05, 0.1) is 17.7 Å². The Morgan fingerprint density at radius 3 is 2.03 bits per heavy atom. The third-order valence-electron chi connectivity index (χ3n) is 14.4. The molecule has 11 heteroatoms. The van der Waals surface area contributed by atoms with E-state index in [1.807, 2.05) is 12.1 Å². The van der Waals surface area contributed by atoms with Crippen LogP contribution in [0.2, 0.25) is 0 Å². The quantitative estimate of drug-likeness (QED) is 0.232. The summed E-state index contributed by atoms with van der Waals surface area (Å²) in [6.45, 7) is 4.91. The van der Waals surface area contributed by atoms with Gasteiger partial charge >= 0.3 is 0 Å². The van der Waals surface area contributed by atoms with Crippen LogP contribution in [0.1, 0.15) is 111 Å². The van der Waals surface area contributed by atoms with E-state index < -0.39 is 29.7 Å². The molecule has 6 aliphatic rings. The van der Waals surface area contributed by atoms with Gasteiger partial charge in [-0.05, 0) is 139 Å². The minimum atomic E-state index is -1.00. The molecule has 1 spiro atoms. The van der Waals surface area contributed by atoms with E-state index in [9.17, 15) is 29.1 Å². The zero-order valence-corrected chi connectivity index (χ0v) is 33.2. The van der Waals surface area contributed by atoms with Crippen molar-refractivity contribution in [2.24, 2.45) is 5.41 Å². The number of imide groups is 2. The van der Waals surface area contributed by atoms with Gasteiger partial charge in [-0.2, -0.15) is 0 Å². The summed E-state index contributed by atoms with van der Waals surface area (Å²) in [5.41, 5.74) is 8.99. The minimum absolute atomic E-state index is 0.0448. The van der Waals surface area contributed by atoms with Crippen LogP contribution in [0.5, 0.6) is 5.75 Å². The summed E-state index contributed by atoms with van der Waals surface area (Å²) in [5.74, 6) is -1.10. The number of hydrogen-bond donors (Lipinski definition) is 2. The Morgan fingerprint density at radius 2 is 1.37 bits per heavy atom. The van der Waals surface area contributed by atoms with Gasteiger partial charge in [-0.15, -0.1) is 0 Å². The number of phenolic OH excluding ortho intramolecular Hbond substituents is 1. The second-order valence-corrected chi connectivity index (χ2v) is 17.6. The van der Waals surface area contributed by atoms with Crippen LogP contribution in [0.4, 0.5) is 5.69 Å². The first kappa shape index (κ1) is 37.5. The molecule has 4 aromatic rings. The van der Waals surface area contributed by atoms with Gasteiger partial charge in [0.25, 0.3) is 11.8 Å². The maximum atomic E-state index is 13.6. The zero-order valence-electron chi connectivity index (χ0n) is 33.2. The van der Waals surface area contributed by atoms with E-state index in [4.69, 9.17) is 0 Å². The molecule has 5 heterocycles. The summed E-state index contributed by atoms with van der Waals surface area (Å²) in [6, 6.07) is 28.4. The lowest BCUT2D eigenvalue weighted by Crippen LogP contribution is -2.54. The van der Waals surface area contributed by atoms with E-state index in [0.717, 1.165) is 80.7 Å². The first-order chi connectivity index (χ1) is 28.6. The van der Waals surface area contributed by atoms with Gasteiger partial charge in [-0.1, -0.05) is 48.5 Å². The number of nitrogens with one attached hydrogen (secondary N) is 1. The van der Waals surface area contributed by atoms with Gasteiger partial charge < -0.3 is 14.9 Å². The number of carbonyl (C=O) groups is 5. The fraction of sp³-hybridized carbons (Fsp3) is 0.396. The van der Waals surface area contributed by atoms with Crippen molar-refractivity contribution in [3.8, 4) is 5.75 Å². The van der Waals surface area contributed by atoms with Gasteiger partial charge in [0.2, 0.25) is 17.7 Å². The van der Waals surface area contributed by atoms with Gasteiger partial charge in [0.15, 0.2) is 0 Å². The zero-order chi connectivity index (χ0) is 40.4. The molecule has 59 heavy (non-hydrogen) atoms. The standard InChI is InChI=1S/C48H49N5O6/c54-36-11-13-38-32(24-36)8-12-37(30-4-2-1-3-5-30)44(38)31-6-9-35(10-7-31)51-22-18-48(19-23-51)16-20-50(21-17-48)29-43(56)52-27-33-25-39-40(26-34(33)28-52)47(59)53(46(39)58)41-14-15-42(55)49-45(41)57/h1-7,9-11,13,24-26,37,41,44,54H,8,12,14-23,27-29H2,(H,49,55,57)/t37-,41-,44+/m1/s1. The molecule has 3 atom stereocenters. The predicted molar refractivity (Wildman–Crippen MR) is 221 cm³/mol. The molecule has 2 N–H and O–H groups in total. The molecule has 3 fully saturated rings. The van der Waals surface area contributed by atoms with Crippen LogP contribution >= 0.6 is 0 Å². The van der Waals surface area contributed by atoms with Gasteiger partial charge in [-0.25, -0.2) is 0 Å². The van der Waals surface area contributed by atoms with Crippen molar-refractivity contribution < 1.29 is 29.1 Å². The van der Waals surface area contributed by atoms with E-state index >= 15 is 0 Å². The molecule has 1 aliphatic carbocycles. The number of aromatic hydroxyl groups is 1. The number of carbonyl (C=O) groups excluding carboxylic acids is 5. The van der Waals surface area contributed by atoms with Crippen LogP contribution in [0.25, 0.3) is 0 Å². The van der Waals surface area contributed by atoms with Crippen molar-refractivity contribution in [1.29, 1.82) is 0 Å². The highest BCUT2D eigenvalue weighted by Gasteiger charge is 2.46. The highest BCUT2D eigenvalue weighted by Crippen LogP contribution is 2.48. The number of hydrogen-bond acceptors (Lipinski definition) is 8. The molecule has 10 rings (SSSR count). The Labute approximate surface area is 344 Å². The monoisotopic (exact) mass is 791 g/mol. The highest BCUT2D eigenvalue weighted by molar-refractivity contribution is 6.23. The van der Waals surface area contributed by atoms with Crippen molar-refractivity contribution in [2.45, 2.75) is 82.3 Å². The van der Waals surface area contributed by atoms with Gasteiger partial charge in [-0.3, -0.25) is 39.1 Å². The van der Waals surface area contributed by atoms with Crippen molar-refractivity contribution in [3.63, 3.8) is 0 Å². The maximum absolute atomic E-state index is 13.6. The topological polar surface area (TPSA) is 131 Å². The number of aryl methyl sites for hydroxylation is 1. The normalized spacial score (nSPS) is 23.9. The van der Waals surface area contributed by atoms with Crippen molar-refractivity contribution >= 4 is 35.2 Å². The smallest absolute Gasteiger partial charge is 0.262 e. The van der Waals surface area contributed by atoms with Crippen LogP contribution in [0, 0.1) is 5.41 Å². The van der Waals surface area contributed by atoms with Crippen LogP contribution in [0.3, 0.4) is 0 Å². The highest BCUT2D eigenvalue weighted by atomic mass is 16.3. The Kier molecular flexibility index (Phi) is 9.38. The molecule has 5 amide bonds. The lowest BCUT2D eigenvalue weighted by Gasteiger charge is -2.47. The van der Waals surface area contributed by atoms with Crippen LogP contribution in [-0.2, 0) is 33.9 Å². The first-order valence-electron chi connectivity index (χ1n) is 21.2. The molecule has 0 bridgehead atoms. The van der Waals surface area contributed by atoms with Gasteiger partial charge in [0, 0.05) is 44.2 Å². The summed E-state index contributed by atoms with van der Waals surface area (Å²) in [7, 11) is 0. The number of piperidine rings is 3. The molecule has 3 saturated heterocycles. The fourth-order valence-electron chi connectivity index (χ4n) is 10.9. The lowest BCUT2D eigenvalue weighted by molar-refractivity contribution is -0.136. The second kappa shape index (κ2) is 14.8. The van der Waals surface area contributed by atoms with Crippen molar-refractivity contribution in [2.75, 3.05) is 37.6 Å². The number of phenols is 1. The molecular formula is C48H49N5O6. The van der Waals surface area contributed by atoms with E-state index in [1.54, 1.807) is 17.0 Å². The third-order valence-corrected chi connectivity index (χ3v) is 14.4. The molecule has 11 nitrogen and oxygen atoms in total. The summed E-state index contributed by atoms with van der Waals surface area (Å²) >= 11 is 0. The number of likely N-dealkylation sites (tertiary alicyclic amines) is 1. The molecule has 5 aliphatic heterocycles. The van der Waals surface area contributed by atoms with Crippen molar-refractivity contribution in [1.82, 2.24) is 20.0 Å². The van der Waals surface area contributed by atoms with Crippen LogP contribution in [0.15, 0.2) is 84.9 Å². The second-order valence-electron chi connectivity index (χ2n) is 17.6. The predicted octanol–water partition coefficient (Wildman–Crippen LogP) is 5.88. The minimum Gasteiger partial charge on any atom is -0.508 e. The maximum Gasteiger partial charge on any atom is 0.262 e. The molecular weight excluding hydrogens is 743 g/mol. The lowest BCUT2D eigenvalue weighted by atomic mass is 9.69. The number of amides is 5. The number of anilines is 1. The summed E-state index contributed by atoms with van der Waals surface area (Å²) in [6.07, 6.45) is 6.62. The summed E-state index contributed by atoms with van der Waals surface area (Å²) in [5, 5.41) is 12.5. The molecule has 0 unspecified atom stereocenters. The fourth-order valence-corrected chi connectivity index (χ4v) is 10.9. The molecule has 302 valence electrons. The Balaban J connectivity index is 0.731. The van der Waals surface area contributed by atoms with E-state index in [0.29, 0.717) is 36.7 Å². The van der Waals surface area contributed by atoms with Crippen molar-refractivity contribution in [3.05, 3.63) is 129 Å². The average molecular weight is 792 g/mol. The van der Waals surface area contributed by atoms with E-state index in [1.165, 1.54) is 27.9 Å². The molecule has 4 aromatic carbocycles. The van der Waals surface area contributed by atoms with E-state index in [2.05, 4.69) is 75.8 Å². The molecule has 0 aromatic heterocycles. The largest absolute Gasteiger partial charge is 0.508 e. The third kappa shape index (κ3) is 6.79. The summed E-state index contributed by atoms with van der Waals surface area (Å²) in [4.78, 5) is 72.0. The summed E-state index contributed by atoms with van der Waals surface area (Å²) < 4.78 is 0. The number of rotatable bonds is 6. The first-order valence-corrected chi connectivity index (χ1v) is 21.2. The Morgan fingerprint density at radius 1 is 0.712 bits per heavy atom. The van der Waals surface area contributed by atoms with Crippen LogP contribution in [-0.4, -0.2) is 88.1 Å². The van der Waals surface area contributed by atoms with Gasteiger partial charge in [0.1, 0.15) is 11.8 Å². The number of fused-ring (bicyclic) bond motifs is 3.